The summed E-state index contributed by atoms with van der Waals surface area (Å²) in [5.74, 6) is -0.00598. The maximum Gasteiger partial charge on any atom is 0.310 e. The summed E-state index contributed by atoms with van der Waals surface area (Å²) in [4.78, 5) is 11.9. The Kier molecular flexibility index (Phi) is 7.01. The normalized spacial score (nSPS) is 18.3. The Morgan fingerprint density at radius 2 is 1.93 bits per heavy atom. The molecule has 2 aliphatic carbocycles. The van der Waals surface area contributed by atoms with Crippen molar-refractivity contribution in [3.63, 3.8) is 0 Å². The molecule has 1 unspecified atom stereocenters. The lowest BCUT2D eigenvalue weighted by atomic mass is 9.88. The average Bonchev–Trinajstić information content (AvgIpc) is 3.44. The van der Waals surface area contributed by atoms with Crippen LogP contribution in [0.15, 0.2) is 28.3 Å². The van der Waals surface area contributed by atoms with Gasteiger partial charge < -0.3 is 9.84 Å². The van der Waals surface area contributed by atoms with Crippen LogP contribution in [0.25, 0.3) is 5.57 Å². The summed E-state index contributed by atoms with van der Waals surface area (Å²) >= 11 is 19.0. The van der Waals surface area contributed by atoms with E-state index >= 15 is 0 Å². The van der Waals surface area contributed by atoms with Gasteiger partial charge >= 0.3 is 5.97 Å². The van der Waals surface area contributed by atoms with Gasteiger partial charge in [0, 0.05) is 10.6 Å². The van der Waals surface area contributed by atoms with Gasteiger partial charge in [-0.2, -0.15) is 0 Å². The molecule has 0 bridgehead atoms. The van der Waals surface area contributed by atoms with E-state index in [1.165, 1.54) is 12.8 Å². The van der Waals surface area contributed by atoms with Crippen molar-refractivity contribution in [2.24, 2.45) is 11.8 Å². The van der Waals surface area contributed by atoms with Crippen molar-refractivity contribution in [1.82, 2.24) is 0 Å². The Bertz CT molecular complexity index is 823. The lowest BCUT2D eigenvalue weighted by Gasteiger charge is -2.22. The van der Waals surface area contributed by atoms with Gasteiger partial charge in [0.05, 0.1) is 22.6 Å². The van der Waals surface area contributed by atoms with Crippen LogP contribution in [0.1, 0.15) is 63.0 Å². The molecule has 2 aliphatic rings. The highest BCUT2D eigenvalue weighted by molar-refractivity contribution is 6.41. The monoisotopic (exact) mass is 442 g/mol. The van der Waals surface area contributed by atoms with E-state index in [0.29, 0.717) is 58.2 Å². The summed E-state index contributed by atoms with van der Waals surface area (Å²) in [6.45, 7) is 4.65. The number of benzene rings is 1. The van der Waals surface area contributed by atoms with Crippen molar-refractivity contribution in [3.05, 3.63) is 44.4 Å². The van der Waals surface area contributed by atoms with E-state index in [1.54, 1.807) is 6.07 Å². The number of carboxylic acid groups (broad SMARTS) is 1. The molecule has 28 heavy (non-hydrogen) atoms. The van der Waals surface area contributed by atoms with Crippen LogP contribution in [-0.2, 0) is 4.79 Å². The Morgan fingerprint density at radius 1 is 1.21 bits per heavy atom. The molecule has 152 valence electrons. The van der Waals surface area contributed by atoms with Gasteiger partial charge in [0.1, 0.15) is 5.75 Å². The van der Waals surface area contributed by atoms with E-state index in [0.717, 1.165) is 11.1 Å². The summed E-state index contributed by atoms with van der Waals surface area (Å²) in [5, 5.41) is 11.4. The predicted molar refractivity (Wildman–Crippen MR) is 115 cm³/mol. The second kappa shape index (κ2) is 9.11. The van der Waals surface area contributed by atoms with E-state index in [9.17, 15) is 9.90 Å². The molecule has 0 heterocycles. The molecule has 0 spiro atoms. The Labute approximate surface area is 181 Å². The van der Waals surface area contributed by atoms with Gasteiger partial charge in [0.15, 0.2) is 0 Å². The van der Waals surface area contributed by atoms with Gasteiger partial charge in [-0.25, -0.2) is 0 Å². The smallest absolute Gasteiger partial charge is 0.310 e. The Hall–Kier alpha value is -1.16. The molecule has 3 nitrogen and oxygen atoms in total. The third-order valence-electron chi connectivity index (χ3n) is 5.15. The van der Waals surface area contributed by atoms with Crippen LogP contribution in [0.2, 0.25) is 5.02 Å². The van der Waals surface area contributed by atoms with Crippen LogP contribution in [0.5, 0.6) is 5.75 Å². The number of carboxylic acids is 1. The fraction of sp³-hybridized carbons (Fsp3) is 0.500. The lowest BCUT2D eigenvalue weighted by Crippen LogP contribution is -2.15. The summed E-state index contributed by atoms with van der Waals surface area (Å²) in [7, 11) is 0. The highest BCUT2D eigenvalue weighted by Crippen LogP contribution is 2.43. The molecular formula is C22H25Cl3O3. The molecule has 6 heteroatoms. The maximum atomic E-state index is 11.9. The first-order valence-corrected chi connectivity index (χ1v) is 10.8. The number of halogens is 3. The zero-order valence-electron chi connectivity index (χ0n) is 16.1. The quantitative estimate of drug-likeness (QED) is 0.461. The minimum absolute atomic E-state index is 0.252. The zero-order chi connectivity index (χ0) is 20.4. The van der Waals surface area contributed by atoms with Gasteiger partial charge in [-0.15, -0.1) is 0 Å². The first kappa shape index (κ1) is 21.5. The standard InChI is InChI=1S/C22H25Cl3O3/c1-12(2)7-16(22(26)27)15-9-19(25)21(14-5-6-17(23)18(24)8-14)20(10-15)28-11-13-3-4-13/h8-10,12-13,16H,3-7,11H2,1-2H3,(H,26,27). The molecule has 1 fully saturated rings. The number of rotatable bonds is 8. The number of allylic oxidation sites excluding steroid dienone is 4. The van der Waals surface area contributed by atoms with Crippen LogP contribution < -0.4 is 4.74 Å². The fourth-order valence-electron chi connectivity index (χ4n) is 3.44. The molecule has 1 N–H and O–H groups in total. The van der Waals surface area contributed by atoms with Crippen LogP contribution in [0, 0.1) is 11.8 Å². The second-order valence-electron chi connectivity index (χ2n) is 8.07. The lowest BCUT2D eigenvalue weighted by molar-refractivity contribution is -0.139. The molecule has 1 saturated carbocycles. The minimum atomic E-state index is -0.847. The van der Waals surface area contributed by atoms with Crippen LogP contribution >= 0.6 is 34.8 Å². The molecular weight excluding hydrogens is 419 g/mol. The molecule has 1 aromatic carbocycles. The van der Waals surface area contributed by atoms with Crippen LogP contribution in [0.4, 0.5) is 0 Å². The topological polar surface area (TPSA) is 46.5 Å². The number of hydrogen-bond acceptors (Lipinski definition) is 2. The van der Waals surface area contributed by atoms with Crippen molar-refractivity contribution in [2.45, 2.75) is 51.9 Å². The maximum absolute atomic E-state index is 11.9. The van der Waals surface area contributed by atoms with Crippen molar-refractivity contribution < 1.29 is 14.6 Å². The van der Waals surface area contributed by atoms with Gasteiger partial charge in [0.25, 0.3) is 0 Å². The van der Waals surface area contributed by atoms with E-state index in [4.69, 9.17) is 39.5 Å². The first-order chi connectivity index (χ1) is 13.3. The largest absolute Gasteiger partial charge is 0.493 e. The summed E-state index contributed by atoms with van der Waals surface area (Å²) in [5.41, 5.74) is 2.44. The molecule has 0 radical (unpaired) electrons. The first-order valence-electron chi connectivity index (χ1n) is 9.70. The molecule has 3 rings (SSSR count). The number of aliphatic carboxylic acids is 1. The second-order valence-corrected chi connectivity index (χ2v) is 9.34. The summed E-state index contributed by atoms with van der Waals surface area (Å²) in [6.07, 6.45) is 6.07. The summed E-state index contributed by atoms with van der Waals surface area (Å²) < 4.78 is 6.12. The van der Waals surface area contributed by atoms with Crippen molar-refractivity contribution in [3.8, 4) is 5.75 Å². The molecule has 0 aliphatic heterocycles. The van der Waals surface area contributed by atoms with Gasteiger partial charge in [0.2, 0.25) is 0 Å². The van der Waals surface area contributed by atoms with Crippen LogP contribution in [-0.4, -0.2) is 17.7 Å². The third kappa shape index (κ3) is 5.25. The average molecular weight is 444 g/mol. The highest BCUT2D eigenvalue weighted by Gasteiger charge is 2.27. The Balaban J connectivity index is 2.03. The number of carbonyl (C=O) groups is 1. The molecule has 1 atom stereocenters. The fourth-order valence-corrected chi connectivity index (χ4v) is 4.15. The van der Waals surface area contributed by atoms with Crippen molar-refractivity contribution in [1.29, 1.82) is 0 Å². The van der Waals surface area contributed by atoms with Crippen molar-refractivity contribution in [2.75, 3.05) is 6.61 Å². The van der Waals surface area contributed by atoms with E-state index in [-0.39, 0.29) is 5.92 Å². The number of ether oxygens (including phenoxy) is 1. The summed E-state index contributed by atoms with van der Waals surface area (Å²) in [6, 6.07) is 3.61. The zero-order valence-corrected chi connectivity index (χ0v) is 18.4. The van der Waals surface area contributed by atoms with Crippen molar-refractivity contribution >= 4 is 46.3 Å². The predicted octanol–water partition coefficient (Wildman–Crippen LogP) is 7.21. The molecule has 0 saturated heterocycles. The van der Waals surface area contributed by atoms with Crippen LogP contribution in [0.3, 0.4) is 0 Å². The number of hydrogen-bond donors (Lipinski definition) is 1. The molecule has 1 aromatic rings. The van der Waals surface area contributed by atoms with E-state index < -0.39 is 11.9 Å². The molecule has 0 aromatic heterocycles. The van der Waals surface area contributed by atoms with Gasteiger partial charge in [-0.3, -0.25) is 4.79 Å². The third-order valence-corrected chi connectivity index (χ3v) is 6.28. The Morgan fingerprint density at radius 3 is 2.50 bits per heavy atom. The van der Waals surface area contributed by atoms with Gasteiger partial charge in [-0.1, -0.05) is 48.7 Å². The van der Waals surface area contributed by atoms with Gasteiger partial charge in [-0.05, 0) is 73.3 Å². The minimum Gasteiger partial charge on any atom is -0.493 e. The van der Waals surface area contributed by atoms with E-state index in [1.807, 2.05) is 26.0 Å². The van der Waals surface area contributed by atoms with E-state index in [2.05, 4.69) is 0 Å². The highest BCUT2D eigenvalue weighted by atomic mass is 35.5. The SMILES string of the molecule is CC(C)CC(C(=O)O)c1cc(Cl)c(C2=CC(Cl)=C(Cl)CC2)c(OCC2CC2)c1. The molecule has 0 amide bonds.